The van der Waals surface area contributed by atoms with Crippen molar-refractivity contribution in [1.29, 1.82) is 0 Å². The minimum atomic E-state index is -1.14. The summed E-state index contributed by atoms with van der Waals surface area (Å²) >= 11 is 0. The van der Waals surface area contributed by atoms with E-state index in [0.29, 0.717) is 17.1 Å². The van der Waals surface area contributed by atoms with Crippen LogP contribution in [0.5, 0.6) is 5.75 Å². The Morgan fingerprint density at radius 2 is 1.95 bits per heavy atom. The van der Waals surface area contributed by atoms with Crippen LogP contribution in [0.25, 0.3) is 5.69 Å². The summed E-state index contributed by atoms with van der Waals surface area (Å²) in [4.78, 5) is 23.2. The molecule has 7 heteroatoms. The number of aromatic nitrogens is 2. The van der Waals surface area contributed by atoms with E-state index in [9.17, 15) is 14.7 Å². The minimum Gasteiger partial charge on any atom is -0.497 e. The first kappa shape index (κ1) is 14.6. The summed E-state index contributed by atoms with van der Waals surface area (Å²) in [6.07, 6.45) is 0. The maximum atomic E-state index is 11.9. The number of methoxy groups -OCH3 is 2. The van der Waals surface area contributed by atoms with Crippen molar-refractivity contribution in [2.75, 3.05) is 14.2 Å². The van der Waals surface area contributed by atoms with Crippen LogP contribution in [0.1, 0.15) is 26.5 Å². The SMILES string of the molecule is COC(=O)c1cc(OC)ccc1-n1nc(C)cc1C(=O)O. The number of ether oxygens (including phenoxy) is 2. The number of aromatic carboxylic acids is 1. The molecule has 1 aromatic carbocycles. The van der Waals surface area contributed by atoms with Crippen molar-refractivity contribution >= 4 is 11.9 Å². The van der Waals surface area contributed by atoms with Gasteiger partial charge in [0.1, 0.15) is 5.75 Å². The van der Waals surface area contributed by atoms with Crippen molar-refractivity contribution in [2.24, 2.45) is 0 Å². The molecule has 21 heavy (non-hydrogen) atoms. The smallest absolute Gasteiger partial charge is 0.354 e. The van der Waals surface area contributed by atoms with Gasteiger partial charge in [0.15, 0.2) is 5.69 Å². The van der Waals surface area contributed by atoms with Gasteiger partial charge in [0, 0.05) is 0 Å². The van der Waals surface area contributed by atoms with Crippen LogP contribution in [0.15, 0.2) is 24.3 Å². The second-order valence-electron chi connectivity index (χ2n) is 4.26. The Morgan fingerprint density at radius 3 is 2.52 bits per heavy atom. The molecule has 0 aliphatic heterocycles. The van der Waals surface area contributed by atoms with Gasteiger partial charge in [-0.2, -0.15) is 5.10 Å². The molecule has 1 N–H and O–H groups in total. The molecule has 7 nitrogen and oxygen atoms in total. The Labute approximate surface area is 120 Å². The number of carboxylic acids is 1. The third-order valence-corrected chi connectivity index (χ3v) is 2.89. The highest BCUT2D eigenvalue weighted by molar-refractivity contribution is 5.95. The van der Waals surface area contributed by atoms with Gasteiger partial charge in [-0.25, -0.2) is 14.3 Å². The van der Waals surface area contributed by atoms with E-state index in [1.54, 1.807) is 19.1 Å². The van der Waals surface area contributed by atoms with Gasteiger partial charge in [-0.05, 0) is 31.2 Å². The van der Waals surface area contributed by atoms with Crippen LogP contribution in [0.2, 0.25) is 0 Å². The molecule has 0 spiro atoms. The highest BCUT2D eigenvalue weighted by atomic mass is 16.5. The van der Waals surface area contributed by atoms with Crippen LogP contribution in [-0.4, -0.2) is 41.0 Å². The average molecular weight is 290 g/mol. The van der Waals surface area contributed by atoms with Crippen molar-refractivity contribution in [1.82, 2.24) is 9.78 Å². The van der Waals surface area contributed by atoms with E-state index in [0.717, 1.165) is 0 Å². The number of carbonyl (C=O) groups excluding carboxylic acids is 1. The number of nitrogens with zero attached hydrogens (tertiary/aromatic N) is 2. The Hall–Kier alpha value is -2.83. The monoisotopic (exact) mass is 290 g/mol. The molecule has 0 amide bonds. The Morgan fingerprint density at radius 1 is 1.24 bits per heavy atom. The Balaban J connectivity index is 2.68. The number of benzene rings is 1. The lowest BCUT2D eigenvalue weighted by molar-refractivity contribution is 0.0597. The molecule has 1 heterocycles. The third-order valence-electron chi connectivity index (χ3n) is 2.89. The fourth-order valence-corrected chi connectivity index (χ4v) is 1.94. The lowest BCUT2D eigenvalue weighted by Gasteiger charge is -2.11. The first-order valence-electron chi connectivity index (χ1n) is 6.04. The van der Waals surface area contributed by atoms with Crippen LogP contribution in [0.4, 0.5) is 0 Å². The molecule has 0 aliphatic rings. The van der Waals surface area contributed by atoms with E-state index in [4.69, 9.17) is 9.47 Å². The molecular formula is C14H14N2O5. The minimum absolute atomic E-state index is 0.0391. The molecule has 0 aliphatic carbocycles. The number of hydrogen-bond donors (Lipinski definition) is 1. The highest BCUT2D eigenvalue weighted by Crippen LogP contribution is 2.23. The Kier molecular flexibility index (Phi) is 3.93. The fourth-order valence-electron chi connectivity index (χ4n) is 1.94. The van der Waals surface area contributed by atoms with Crippen molar-refractivity contribution in [3.63, 3.8) is 0 Å². The summed E-state index contributed by atoms with van der Waals surface area (Å²) in [5.74, 6) is -1.28. The van der Waals surface area contributed by atoms with E-state index in [2.05, 4.69) is 5.10 Å². The predicted molar refractivity (Wildman–Crippen MR) is 73.2 cm³/mol. The number of hydrogen-bond acceptors (Lipinski definition) is 5. The molecule has 0 saturated carbocycles. The van der Waals surface area contributed by atoms with Gasteiger partial charge >= 0.3 is 11.9 Å². The molecule has 0 radical (unpaired) electrons. The zero-order valence-corrected chi connectivity index (χ0v) is 11.8. The predicted octanol–water partition coefficient (Wildman–Crippen LogP) is 1.67. The zero-order chi connectivity index (χ0) is 15.6. The quantitative estimate of drug-likeness (QED) is 0.861. The summed E-state index contributed by atoms with van der Waals surface area (Å²) in [7, 11) is 2.72. The van der Waals surface area contributed by atoms with Crippen LogP contribution in [0, 0.1) is 6.92 Å². The van der Waals surface area contributed by atoms with E-state index in [-0.39, 0.29) is 11.3 Å². The van der Waals surface area contributed by atoms with Gasteiger partial charge in [0.2, 0.25) is 0 Å². The maximum Gasteiger partial charge on any atom is 0.354 e. The highest BCUT2D eigenvalue weighted by Gasteiger charge is 2.20. The van der Waals surface area contributed by atoms with E-state index < -0.39 is 11.9 Å². The number of carboxylic acid groups (broad SMARTS) is 1. The van der Waals surface area contributed by atoms with Gasteiger partial charge in [-0.15, -0.1) is 0 Å². The Bertz CT molecular complexity index is 705. The van der Waals surface area contributed by atoms with Crippen molar-refractivity contribution in [3.05, 3.63) is 41.2 Å². The first-order chi connectivity index (χ1) is 9.97. The zero-order valence-electron chi connectivity index (χ0n) is 11.8. The van der Waals surface area contributed by atoms with Crippen LogP contribution >= 0.6 is 0 Å². The standard InChI is InChI=1S/C14H14N2O5/c1-8-6-12(13(17)18)16(15-8)11-5-4-9(20-2)7-10(11)14(19)21-3/h4-7H,1-3H3,(H,17,18). The van der Waals surface area contributed by atoms with E-state index in [1.807, 2.05) is 0 Å². The summed E-state index contributed by atoms with van der Waals surface area (Å²) in [6, 6.07) is 6.08. The molecule has 2 aromatic rings. The fraction of sp³-hybridized carbons (Fsp3) is 0.214. The molecule has 0 bridgehead atoms. The number of carbonyl (C=O) groups is 2. The van der Waals surface area contributed by atoms with Gasteiger partial charge in [0.25, 0.3) is 0 Å². The molecular weight excluding hydrogens is 276 g/mol. The van der Waals surface area contributed by atoms with Gasteiger partial charge in [0.05, 0.1) is 31.2 Å². The van der Waals surface area contributed by atoms with E-state index >= 15 is 0 Å². The normalized spacial score (nSPS) is 10.2. The summed E-state index contributed by atoms with van der Waals surface area (Å²) in [5, 5.41) is 13.3. The summed E-state index contributed by atoms with van der Waals surface area (Å²) in [5.41, 5.74) is 0.970. The number of aryl methyl sites for hydroxylation is 1. The topological polar surface area (TPSA) is 90.7 Å². The lowest BCUT2D eigenvalue weighted by atomic mass is 10.1. The lowest BCUT2D eigenvalue weighted by Crippen LogP contribution is -2.13. The van der Waals surface area contributed by atoms with Crippen molar-refractivity contribution < 1.29 is 24.2 Å². The van der Waals surface area contributed by atoms with Crippen LogP contribution < -0.4 is 4.74 Å². The first-order valence-corrected chi connectivity index (χ1v) is 6.04. The molecule has 0 fully saturated rings. The van der Waals surface area contributed by atoms with Crippen LogP contribution in [0.3, 0.4) is 0 Å². The maximum absolute atomic E-state index is 11.9. The molecule has 0 saturated heterocycles. The second-order valence-corrected chi connectivity index (χ2v) is 4.26. The van der Waals surface area contributed by atoms with E-state index in [1.165, 1.54) is 31.0 Å². The van der Waals surface area contributed by atoms with Gasteiger partial charge in [-0.3, -0.25) is 0 Å². The number of esters is 1. The van der Waals surface area contributed by atoms with Gasteiger partial charge in [-0.1, -0.05) is 0 Å². The van der Waals surface area contributed by atoms with Crippen molar-refractivity contribution in [3.8, 4) is 11.4 Å². The molecule has 0 unspecified atom stereocenters. The van der Waals surface area contributed by atoms with Crippen LogP contribution in [-0.2, 0) is 4.74 Å². The molecule has 1 aromatic heterocycles. The molecule has 0 atom stereocenters. The molecule has 2 rings (SSSR count). The summed E-state index contributed by atoms with van der Waals surface area (Å²) < 4.78 is 11.0. The largest absolute Gasteiger partial charge is 0.497 e. The van der Waals surface area contributed by atoms with Crippen molar-refractivity contribution in [2.45, 2.75) is 6.92 Å². The average Bonchev–Trinajstić information content (AvgIpc) is 2.87. The molecule has 110 valence electrons. The van der Waals surface area contributed by atoms with Gasteiger partial charge < -0.3 is 14.6 Å². The second kappa shape index (κ2) is 5.66. The third kappa shape index (κ3) is 2.71. The number of rotatable bonds is 4. The summed E-state index contributed by atoms with van der Waals surface area (Å²) in [6.45, 7) is 1.67.